The average Bonchev–Trinajstić information content (AvgIpc) is 2.97. The molecule has 0 amide bonds. The highest BCUT2D eigenvalue weighted by molar-refractivity contribution is 8.03. The lowest BCUT2D eigenvalue weighted by Gasteiger charge is -2.21. The molecule has 0 aliphatic carbocycles. The van der Waals surface area contributed by atoms with Crippen LogP contribution in [0.5, 0.6) is 0 Å². The number of ketones is 1. The summed E-state index contributed by atoms with van der Waals surface area (Å²) < 4.78 is 3.67. The fourth-order valence-electron chi connectivity index (χ4n) is 2.60. The molecule has 2 N–H and O–H groups in total. The van der Waals surface area contributed by atoms with E-state index in [2.05, 4.69) is 4.98 Å². The number of nitrogens with zero attached hydrogens (tertiary/aromatic N) is 3. The molecular weight excluding hydrogens is 320 g/mol. The third kappa shape index (κ3) is 2.47. The van der Waals surface area contributed by atoms with E-state index in [-0.39, 0.29) is 5.78 Å². The molecular formula is C18H14N4OS. The highest BCUT2D eigenvalue weighted by Gasteiger charge is 2.17. The van der Waals surface area contributed by atoms with Gasteiger partial charge < -0.3 is 5.73 Å². The first-order valence-electron chi connectivity index (χ1n) is 7.41. The van der Waals surface area contributed by atoms with Gasteiger partial charge in [-0.2, -0.15) is 0 Å². The largest absolute Gasteiger partial charge is 0.368 e. The third-order valence-electron chi connectivity index (χ3n) is 3.72. The van der Waals surface area contributed by atoms with Crippen molar-refractivity contribution in [3.05, 3.63) is 83.4 Å². The minimum Gasteiger partial charge on any atom is -0.368 e. The third-order valence-corrected chi connectivity index (χ3v) is 4.50. The predicted octanol–water partition coefficient (Wildman–Crippen LogP) is 3.48. The lowest BCUT2D eigenvalue weighted by Crippen LogP contribution is -2.23. The van der Waals surface area contributed by atoms with Gasteiger partial charge in [-0.1, -0.05) is 36.4 Å². The lowest BCUT2D eigenvalue weighted by molar-refractivity contribution is 0.103. The van der Waals surface area contributed by atoms with Crippen molar-refractivity contribution in [3.8, 4) is 0 Å². The number of carbonyl (C=O) groups is 1. The molecule has 24 heavy (non-hydrogen) atoms. The second kappa shape index (κ2) is 5.90. The Labute approximate surface area is 143 Å². The summed E-state index contributed by atoms with van der Waals surface area (Å²) in [6, 6.07) is 14.7. The summed E-state index contributed by atoms with van der Waals surface area (Å²) in [6.45, 7) is 0. The van der Waals surface area contributed by atoms with E-state index in [0.717, 1.165) is 11.0 Å². The maximum absolute atomic E-state index is 12.7. The monoisotopic (exact) mass is 334 g/mol. The second-order valence-corrected chi connectivity index (χ2v) is 6.12. The molecule has 0 saturated carbocycles. The van der Waals surface area contributed by atoms with Crippen LogP contribution in [0.2, 0.25) is 0 Å². The van der Waals surface area contributed by atoms with E-state index in [4.69, 9.17) is 5.73 Å². The van der Waals surface area contributed by atoms with Gasteiger partial charge in [0, 0.05) is 29.3 Å². The Morgan fingerprint density at radius 1 is 1.04 bits per heavy atom. The highest BCUT2D eigenvalue weighted by Crippen LogP contribution is 2.26. The Morgan fingerprint density at radius 3 is 2.62 bits per heavy atom. The number of fused-ring (bicyclic) bond motifs is 1. The normalized spacial score (nSPS) is 13.6. The van der Waals surface area contributed by atoms with Crippen LogP contribution in [0, 0.1) is 0 Å². The first-order chi connectivity index (χ1) is 11.7. The molecule has 0 spiro atoms. The van der Waals surface area contributed by atoms with E-state index in [1.807, 2.05) is 70.6 Å². The fourth-order valence-corrected chi connectivity index (χ4v) is 3.29. The maximum atomic E-state index is 12.7. The molecule has 0 radical (unpaired) electrons. The minimum absolute atomic E-state index is 0.0226. The van der Waals surface area contributed by atoms with Gasteiger partial charge in [-0.3, -0.25) is 4.79 Å². The van der Waals surface area contributed by atoms with Crippen molar-refractivity contribution >= 4 is 34.7 Å². The number of allylic oxidation sites excluding steroid dienone is 2. The zero-order valence-electron chi connectivity index (χ0n) is 12.7. The molecule has 0 bridgehead atoms. The molecule has 0 atom stereocenters. The molecule has 6 heteroatoms. The van der Waals surface area contributed by atoms with Gasteiger partial charge in [0.15, 0.2) is 5.78 Å². The van der Waals surface area contributed by atoms with Crippen LogP contribution < -0.4 is 10.1 Å². The van der Waals surface area contributed by atoms with Crippen LogP contribution in [0.4, 0.5) is 5.95 Å². The van der Waals surface area contributed by atoms with E-state index < -0.39 is 0 Å². The quantitative estimate of drug-likeness (QED) is 0.587. The second-order valence-electron chi connectivity index (χ2n) is 5.26. The van der Waals surface area contributed by atoms with Crippen LogP contribution in [-0.4, -0.2) is 15.4 Å². The fraction of sp³-hybridized carbons (Fsp3) is 0. The predicted molar refractivity (Wildman–Crippen MR) is 98.1 cm³/mol. The van der Waals surface area contributed by atoms with Crippen LogP contribution in [0.25, 0.3) is 11.0 Å². The van der Waals surface area contributed by atoms with Crippen molar-refractivity contribution in [1.82, 2.24) is 9.66 Å². The number of nitrogens with two attached hydrogens (primary N) is 1. The van der Waals surface area contributed by atoms with Crippen molar-refractivity contribution in [2.45, 2.75) is 0 Å². The zero-order valence-corrected chi connectivity index (χ0v) is 13.5. The van der Waals surface area contributed by atoms with Gasteiger partial charge in [-0.15, -0.1) is 0 Å². The van der Waals surface area contributed by atoms with Crippen molar-refractivity contribution < 1.29 is 4.79 Å². The van der Waals surface area contributed by atoms with Crippen LogP contribution in [-0.2, 0) is 0 Å². The summed E-state index contributed by atoms with van der Waals surface area (Å²) in [7, 11) is 0. The number of hydrogen-bond donors (Lipinski definition) is 1. The molecule has 2 heterocycles. The van der Waals surface area contributed by atoms with E-state index in [9.17, 15) is 4.79 Å². The van der Waals surface area contributed by atoms with Crippen LogP contribution >= 0.6 is 11.9 Å². The Balaban J connectivity index is 1.81. The molecule has 5 nitrogen and oxygen atoms in total. The Bertz CT molecular complexity index is 975. The van der Waals surface area contributed by atoms with Crippen molar-refractivity contribution in [3.63, 3.8) is 0 Å². The van der Waals surface area contributed by atoms with Gasteiger partial charge in [-0.25, -0.2) is 14.1 Å². The van der Waals surface area contributed by atoms with Crippen LogP contribution in [0.15, 0.2) is 72.3 Å². The topological polar surface area (TPSA) is 64.1 Å². The molecule has 118 valence electrons. The Hall–Kier alpha value is -2.99. The number of aromatic nitrogens is 2. The minimum atomic E-state index is -0.0226. The number of rotatable bonds is 3. The van der Waals surface area contributed by atoms with Gasteiger partial charge >= 0.3 is 0 Å². The maximum Gasteiger partial charge on any atom is 0.221 e. The highest BCUT2D eigenvalue weighted by atomic mass is 32.2. The van der Waals surface area contributed by atoms with Crippen molar-refractivity contribution in [2.24, 2.45) is 0 Å². The average molecular weight is 334 g/mol. The number of anilines is 1. The number of benzene rings is 2. The molecule has 4 rings (SSSR count). The summed E-state index contributed by atoms with van der Waals surface area (Å²) >= 11 is 1.48. The molecule has 1 aliphatic heterocycles. The van der Waals surface area contributed by atoms with Gasteiger partial charge in [0.25, 0.3) is 0 Å². The van der Waals surface area contributed by atoms with Gasteiger partial charge in [0.2, 0.25) is 5.95 Å². The molecule has 1 aliphatic rings. The van der Waals surface area contributed by atoms with Crippen molar-refractivity contribution in [1.29, 1.82) is 0 Å². The standard InChI is InChI=1S/C18H14N4OS/c19-18-20-15-9-8-14(17(23)13-6-2-1-3-7-13)12-16(15)22(18)21-10-4-5-11-24-21/h1-12H,(H2,19,20). The molecule has 0 fully saturated rings. The number of nitrogen functional groups attached to an aromatic ring is 1. The summed E-state index contributed by atoms with van der Waals surface area (Å²) in [5, 5.41) is 1.95. The van der Waals surface area contributed by atoms with E-state index in [1.54, 1.807) is 10.7 Å². The molecule has 0 unspecified atom stereocenters. The van der Waals surface area contributed by atoms with E-state index in [1.165, 1.54) is 11.9 Å². The lowest BCUT2D eigenvalue weighted by atomic mass is 10.0. The number of hydrogen-bond acceptors (Lipinski definition) is 5. The molecule has 2 aromatic carbocycles. The van der Waals surface area contributed by atoms with Crippen molar-refractivity contribution in [2.75, 3.05) is 10.1 Å². The van der Waals surface area contributed by atoms with Gasteiger partial charge in [-0.05, 0) is 29.7 Å². The van der Waals surface area contributed by atoms with E-state index >= 15 is 0 Å². The smallest absolute Gasteiger partial charge is 0.221 e. The zero-order chi connectivity index (χ0) is 16.5. The summed E-state index contributed by atoms with van der Waals surface area (Å²) in [6.07, 6.45) is 5.76. The Kier molecular flexibility index (Phi) is 3.59. The van der Waals surface area contributed by atoms with E-state index in [0.29, 0.717) is 17.1 Å². The number of carbonyl (C=O) groups excluding carboxylic acids is 1. The molecule has 1 aromatic heterocycles. The van der Waals surface area contributed by atoms with Crippen LogP contribution in [0.1, 0.15) is 15.9 Å². The molecule has 3 aromatic rings. The van der Waals surface area contributed by atoms with Gasteiger partial charge in [0.05, 0.1) is 11.0 Å². The van der Waals surface area contributed by atoms with Crippen LogP contribution in [0.3, 0.4) is 0 Å². The Morgan fingerprint density at radius 2 is 1.88 bits per heavy atom. The SMILES string of the molecule is Nc1nc2ccc(C(=O)c3ccccc3)cc2n1N1C=CC=CS1. The first kappa shape index (κ1) is 14.6. The summed E-state index contributed by atoms with van der Waals surface area (Å²) in [5.41, 5.74) is 8.89. The van der Waals surface area contributed by atoms with Gasteiger partial charge in [0.1, 0.15) is 0 Å². The molecule has 0 saturated heterocycles. The summed E-state index contributed by atoms with van der Waals surface area (Å²) in [4.78, 5) is 17.1. The summed E-state index contributed by atoms with van der Waals surface area (Å²) in [5.74, 6) is 0.354. The number of imidazole rings is 1. The first-order valence-corrected chi connectivity index (χ1v) is 8.25.